The highest BCUT2D eigenvalue weighted by molar-refractivity contribution is 14.2. The van der Waals surface area contributed by atoms with Crippen molar-refractivity contribution in [2.24, 2.45) is 0 Å². The highest BCUT2D eigenvalue weighted by Crippen LogP contribution is 2.82. The van der Waals surface area contributed by atoms with Crippen LogP contribution in [0.25, 0.3) is 0 Å². The molecule has 13 heavy (non-hydrogen) atoms. The summed E-state index contributed by atoms with van der Waals surface area (Å²) < 4.78 is 6.41. The predicted molar refractivity (Wildman–Crippen MR) is 82.7 cm³/mol. The van der Waals surface area contributed by atoms with E-state index in [1.807, 2.05) is 0 Å². The predicted octanol–water partition coefficient (Wildman–Crippen LogP) is 7.12. The van der Waals surface area contributed by atoms with Crippen molar-refractivity contribution in [2.75, 3.05) is 0 Å². The van der Waals surface area contributed by atoms with Crippen LogP contribution in [0.5, 0.6) is 0 Å². The Hall–Kier alpha value is 2.55. The number of hydrogen-bond donors (Lipinski definition) is 0. The van der Waals surface area contributed by atoms with Crippen LogP contribution in [0.4, 0.5) is 0 Å². The molecule has 0 amide bonds. The molecule has 0 spiro atoms. The van der Waals surface area contributed by atoms with Crippen LogP contribution in [0.1, 0.15) is 20.8 Å². The molecule has 4 atom stereocenters. The summed E-state index contributed by atoms with van der Waals surface area (Å²) in [5.41, 5.74) is 0.0666. The van der Waals surface area contributed by atoms with E-state index in [4.69, 9.17) is 4.52 Å². The van der Waals surface area contributed by atoms with Crippen molar-refractivity contribution in [1.29, 1.82) is 0 Å². The van der Waals surface area contributed by atoms with Gasteiger partial charge < -0.3 is 4.52 Å². The highest BCUT2D eigenvalue weighted by atomic mass is 127. The number of halogens is 1. The molecule has 2 bridgehead atoms. The lowest BCUT2D eigenvalue weighted by Gasteiger charge is -2.17. The fourth-order valence-electron chi connectivity index (χ4n) is 0.668. The number of hydrogen-bond acceptors (Lipinski definition) is 4. The molecule has 2 aromatic heterocycles. The van der Waals surface area contributed by atoms with E-state index < -0.39 is 0 Å². The van der Waals surface area contributed by atoms with Gasteiger partial charge in [-0.2, -0.15) is 0 Å². The molecule has 2 rings (SSSR count). The van der Waals surface area contributed by atoms with Gasteiger partial charge in [-0.25, -0.2) is 0 Å². The number of fused-ring (bicyclic) bond motifs is 2. The van der Waals surface area contributed by atoms with E-state index >= 15 is 0 Å². The monoisotopic (exact) mass is 420 g/mol. The fourth-order valence-corrected chi connectivity index (χ4v) is 103. The lowest BCUT2D eigenvalue weighted by molar-refractivity contribution is 0.208. The minimum absolute atomic E-state index is 0.0666. The van der Waals surface area contributed by atoms with Crippen LogP contribution in [0.15, 0.2) is 0 Å². The average molecular weight is 420 g/mol. The van der Waals surface area contributed by atoms with E-state index in [1.165, 1.54) is 0 Å². The largest absolute Gasteiger partial charge is 0.313 e. The van der Waals surface area contributed by atoms with Gasteiger partial charge in [0.2, 0.25) is 0 Å². The zero-order valence-electron chi connectivity index (χ0n) is 7.30. The van der Waals surface area contributed by atoms with Crippen LogP contribution in [0.2, 0.25) is 0 Å². The van der Waals surface area contributed by atoms with Crippen molar-refractivity contribution in [1.82, 2.24) is 0 Å². The maximum atomic E-state index is 6.12. The number of rotatable bonds is 1. The van der Waals surface area contributed by atoms with Crippen LogP contribution in [0, 0.1) is 0 Å². The molecule has 2 aromatic rings. The van der Waals surface area contributed by atoms with Gasteiger partial charge >= 0.3 is 0 Å². The first-order chi connectivity index (χ1) is 5.96. The summed E-state index contributed by atoms with van der Waals surface area (Å²) >= 11 is 2.66. The smallest absolute Gasteiger partial charge is 0.117 e. The van der Waals surface area contributed by atoms with E-state index in [-0.39, 0.29) is 23.0 Å². The molecular weight excluding hydrogens is 411 g/mol. The summed E-state index contributed by atoms with van der Waals surface area (Å²) in [6.07, 6.45) is 0. The van der Waals surface area contributed by atoms with Gasteiger partial charge in [-0.05, 0) is 42.8 Å². The lowest BCUT2D eigenvalue weighted by Crippen LogP contribution is -2.20. The molecule has 0 aliphatic rings. The molecule has 0 saturated carbocycles. The zero-order chi connectivity index (χ0) is 9.64. The lowest BCUT2D eigenvalue weighted by atomic mass is 10.2. The minimum Gasteiger partial charge on any atom is -0.313 e. The minimum atomic E-state index is -0.126. The maximum Gasteiger partial charge on any atom is 0.117 e. The summed E-state index contributed by atoms with van der Waals surface area (Å²) in [5, 5.41) is 0.411. The third-order valence-electron chi connectivity index (χ3n) is 1.03. The first-order valence-corrected chi connectivity index (χ1v) is 19.1. The molecule has 9 heteroatoms. The van der Waals surface area contributed by atoms with Crippen LogP contribution in [-0.2, 0) is 0 Å². The van der Waals surface area contributed by atoms with Crippen molar-refractivity contribution in [3.05, 3.63) is 0 Å². The second kappa shape index (κ2) is 4.43. The van der Waals surface area contributed by atoms with Crippen LogP contribution in [0.3, 0.4) is 0 Å². The molecular formula is C4H9IOP4S3. The molecule has 4 unspecified atom stereocenters. The van der Waals surface area contributed by atoms with Crippen LogP contribution in [-0.4, -0.2) is 5.60 Å². The molecule has 0 aliphatic carbocycles. The molecule has 0 fully saturated rings. The summed E-state index contributed by atoms with van der Waals surface area (Å²) in [7, 11) is 6.72. The zero-order valence-corrected chi connectivity index (χ0v) is 15.5. The van der Waals surface area contributed by atoms with Crippen molar-refractivity contribution in [3.8, 4) is 0 Å². The first kappa shape index (κ1) is 12.0. The van der Waals surface area contributed by atoms with E-state index in [9.17, 15) is 0 Å². The Balaban J connectivity index is 2.34. The molecule has 0 radical (unpaired) electrons. The SMILES string of the molecule is CC(C)(C)Op1sp2sp1sp2I. The topological polar surface area (TPSA) is 9.23 Å². The van der Waals surface area contributed by atoms with E-state index in [0.717, 1.165) is 0 Å². The Morgan fingerprint density at radius 3 is 2.15 bits per heavy atom. The van der Waals surface area contributed by atoms with Crippen LogP contribution >= 0.6 is 75.1 Å². The Morgan fingerprint density at radius 2 is 1.77 bits per heavy atom. The second-order valence-electron chi connectivity index (χ2n) is 3.39. The van der Waals surface area contributed by atoms with Gasteiger partial charge in [0.1, 0.15) is 6.62 Å². The molecule has 2 heterocycles. The van der Waals surface area contributed by atoms with E-state index in [2.05, 4.69) is 74.5 Å². The molecule has 0 aromatic carbocycles. The summed E-state index contributed by atoms with van der Waals surface area (Å²) in [4.78, 5) is 0. The maximum absolute atomic E-state index is 6.12. The van der Waals surface area contributed by atoms with Crippen molar-refractivity contribution in [3.63, 3.8) is 0 Å². The van der Waals surface area contributed by atoms with Gasteiger partial charge in [0.25, 0.3) is 0 Å². The van der Waals surface area contributed by atoms with E-state index in [0.29, 0.717) is 4.03 Å². The molecule has 0 N–H and O–H groups in total. The van der Waals surface area contributed by atoms with Gasteiger partial charge in [0.15, 0.2) is 0 Å². The third kappa shape index (κ3) is 3.02. The van der Waals surface area contributed by atoms with Gasteiger partial charge in [-0.3, -0.25) is 0 Å². The van der Waals surface area contributed by atoms with E-state index in [1.54, 1.807) is 0 Å². The molecule has 76 valence electrons. The molecule has 1 nitrogen and oxygen atoms in total. The summed E-state index contributed by atoms with van der Waals surface area (Å²) in [6.45, 7) is 6.40. The molecule has 0 aliphatic heterocycles. The quantitative estimate of drug-likeness (QED) is 0.447. The fraction of sp³-hybridized carbons (Fsp3) is 1.00. The average Bonchev–Trinajstić information content (AvgIpc) is 2.42. The van der Waals surface area contributed by atoms with Crippen LogP contribution < -0.4 is 4.52 Å². The van der Waals surface area contributed by atoms with Gasteiger partial charge in [0.05, 0.1) is 16.4 Å². The van der Waals surface area contributed by atoms with Gasteiger partial charge in [0, 0.05) is 4.03 Å². The van der Waals surface area contributed by atoms with Gasteiger partial charge in [-0.15, -0.1) is 0 Å². The van der Waals surface area contributed by atoms with Crippen molar-refractivity contribution >= 4 is 75.1 Å². The van der Waals surface area contributed by atoms with Gasteiger partial charge in [-0.1, -0.05) is 31.6 Å². The normalized spacial score (nSPS) is 18.5. The van der Waals surface area contributed by atoms with Crippen molar-refractivity contribution < 1.29 is 4.52 Å². The summed E-state index contributed by atoms with van der Waals surface area (Å²) in [6, 6.07) is 0. The Kier molecular flexibility index (Phi) is 4.10. The van der Waals surface area contributed by atoms with Crippen molar-refractivity contribution in [2.45, 2.75) is 26.4 Å². The third-order valence-corrected chi connectivity index (χ3v) is 60.3. The standard InChI is InChI=1S/C4H9IOP4S3/c1-4(2,3)6-8-10-11-7(5)9(12-8)13-10/h1-3H3. The first-order valence-electron chi connectivity index (χ1n) is 3.55. The summed E-state index contributed by atoms with van der Waals surface area (Å²) in [5.74, 6) is 0. The highest BCUT2D eigenvalue weighted by Gasteiger charge is 2.17. The Bertz CT molecular complexity index is 426. The molecule has 0 saturated heterocycles. The second-order valence-corrected chi connectivity index (χ2v) is 36.4. The Labute approximate surface area is 105 Å². The Morgan fingerprint density at radius 1 is 1.08 bits per heavy atom.